The van der Waals surface area contributed by atoms with Crippen LogP contribution in [0.2, 0.25) is 0 Å². The maximum Gasteiger partial charge on any atom is 0.200 e. The van der Waals surface area contributed by atoms with Crippen molar-refractivity contribution in [1.82, 2.24) is 0 Å². The summed E-state index contributed by atoms with van der Waals surface area (Å²) in [7, 11) is 0. The topological polar surface area (TPSA) is 6.48 Å². The second kappa shape index (κ2) is 26.8. The van der Waals surface area contributed by atoms with Crippen LogP contribution in [0.25, 0.3) is 89.3 Å². The van der Waals surface area contributed by atoms with Crippen LogP contribution in [0.4, 0.5) is 56.1 Å². The van der Waals surface area contributed by atoms with E-state index in [9.17, 15) is 0 Å². The zero-order chi connectivity index (χ0) is 72.5. The van der Waals surface area contributed by atoms with Gasteiger partial charge in [0.15, 0.2) is 23.3 Å². The Kier molecular flexibility index (Phi) is 16.5. The number of halogens is 5. The van der Waals surface area contributed by atoms with Crippen molar-refractivity contribution in [3.05, 3.63) is 444 Å². The third-order valence-corrected chi connectivity index (χ3v) is 22.1. The molecule has 0 spiro atoms. The molecule has 0 fully saturated rings. The summed E-state index contributed by atoms with van der Waals surface area (Å²) in [6, 6.07) is 119. The van der Waals surface area contributed by atoms with Crippen molar-refractivity contribution in [3.8, 4) is 55.6 Å². The molecule has 107 heavy (non-hydrogen) atoms. The third kappa shape index (κ3) is 10.9. The van der Waals surface area contributed by atoms with Gasteiger partial charge < -0.3 is 9.80 Å². The van der Waals surface area contributed by atoms with E-state index in [4.69, 9.17) is 0 Å². The predicted octanol–water partition coefficient (Wildman–Crippen LogP) is 27.0. The van der Waals surface area contributed by atoms with Crippen LogP contribution in [0.1, 0.15) is 55.6 Å². The van der Waals surface area contributed by atoms with Crippen LogP contribution in [0, 0.1) is 29.1 Å². The Morgan fingerprint density at radius 3 is 1.03 bits per heavy atom. The van der Waals surface area contributed by atoms with Crippen LogP contribution in [0.5, 0.6) is 0 Å². The Hall–Kier alpha value is -13.2. The van der Waals surface area contributed by atoms with Crippen molar-refractivity contribution < 1.29 is 22.0 Å². The van der Waals surface area contributed by atoms with Crippen LogP contribution in [-0.4, -0.2) is 0 Å². The standard InChI is InChI=1S/C100H67F5N2/c1-3-64-36-40-66(41-37-64)62-99(72-26-12-7-13-27-72)87-34-20-18-30-81(87)83-54-52-75(60-89(83)99)106(73-48-44-70(45-49-73)68-22-8-5-9-23-68)91-58-56-79(77-28-14-16-32-85(77)91)80-57-59-92(86-33-17-15-29-78(80)86)107(74-50-46-71(47-51-74)69-24-10-6-11-25-69)76-53-55-84-82-31-19-21-35-88(82)100(90(84)61-76,63-67-42-38-65(4-2)39-43-67)93-94(101)96(103)98(105)97(104)95(93)102/h3-61H,1-2,62-63H2. The largest absolute Gasteiger partial charge is 0.310 e. The van der Waals surface area contributed by atoms with E-state index in [-0.39, 0.29) is 6.42 Å². The fourth-order valence-corrected chi connectivity index (χ4v) is 17.1. The molecule has 0 N–H and O–H groups in total. The quantitative estimate of drug-likeness (QED) is 0.0509. The highest BCUT2D eigenvalue weighted by Crippen LogP contribution is 2.60. The highest BCUT2D eigenvalue weighted by atomic mass is 19.2. The van der Waals surface area contributed by atoms with Crippen LogP contribution >= 0.6 is 0 Å². The Morgan fingerprint density at radius 2 is 0.589 bits per heavy atom. The van der Waals surface area contributed by atoms with Crippen LogP contribution in [-0.2, 0) is 23.7 Å². The number of anilines is 6. The molecule has 7 heteroatoms. The lowest BCUT2D eigenvalue weighted by atomic mass is 9.68. The molecule has 0 aromatic heterocycles. The minimum atomic E-state index is -2.22. The summed E-state index contributed by atoms with van der Waals surface area (Å²) in [4.78, 5) is 4.55. The zero-order valence-corrected chi connectivity index (χ0v) is 58.2. The third-order valence-electron chi connectivity index (χ3n) is 22.1. The van der Waals surface area contributed by atoms with Gasteiger partial charge in [-0.1, -0.05) is 310 Å². The first-order chi connectivity index (χ1) is 52.5. The molecule has 0 amide bonds. The molecule has 0 radical (unpaired) electrons. The molecule has 2 aliphatic rings. The fraction of sp³-hybridized carbons (Fsp3) is 0.0400. The second-order valence-corrected chi connectivity index (χ2v) is 27.8. The maximum atomic E-state index is 17.3. The summed E-state index contributed by atoms with van der Waals surface area (Å²) in [5, 5.41) is 3.89. The van der Waals surface area contributed by atoms with E-state index in [1.54, 1.807) is 18.2 Å². The molecule has 0 bridgehead atoms. The zero-order valence-electron chi connectivity index (χ0n) is 58.2. The smallest absolute Gasteiger partial charge is 0.200 e. The summed E-state index contributed by atoms with van der Waals surface area (Å²) in [6.07, 6.45) is 4.13. The predicted molar refractivity (Wildman–Crippen MR) is 431 cm³/mol. The van der Waals surface area contributed by atoms with Gasteiger partial charge in [-0.15, -0.1) is 0 Å². The monoisotopic (exact) mass is 1390 g/mol. The van der Waals surface area contributed by atoms with E-state index in [0.717, 1.165) is 101 Å². The highest BCUT2D eigenvalue weighted by Gasteiger charge is 2.51. The van der Waals surface area contributed by atoms with Crippen LogP contribution in [0.3, 0.4) is 0 Å². The number of benzene rings is 16. The van der Waals surface area contributed by atoms with Crippen molar-refractivity contribution in [2.45, 2.75) is 23.7 Å². The Morgan fingerprint density at radius 1 is 0.262 bits per heavy atom. The minimum Gasteiger partial charge on any atom is -0.310 e. The van der Waals surface area contributed by atoms with Gasteiger partial charge in [-0.2, -0.15) is 0 Å². The molecule has 2 nitrogen and oxygen atoms in total. The lowest BCUT2D eigenvalue weighted by Gasteiger charge is -2.35. The van der Waals surface area contributed by atoms with Crippen molar-refractivity contribution in [1.29, 1.82) is 0 Å². The molecule has 0 saturated heterocycles. The normalized spacial score (nSPS) is 14.6. The number of fused-ring (bicyclic) bond motifs is 8. The second-order valence-electron chi connectivity index (χ2n) is 27.8. The van der Waals surface area contributed by atoms with E-state index in [1.807, 2.05) is 91.0 Å². The number of rotatable bonds is 17. The molecule has 2 atom stereocenters. The van der Waals surface area contributed by atoms with E-state index >= 15 is 22.0 Å². The summed E-state index contributed by atoms with van der Waals surface area (Å²) < 4.78 is 82.3. The summed E-state index contributed by atoms with van der Waals surface area (Å²) in [6.45, 7) is 8.00. The van der Waals surface area contributed by atoms with E-state index in [1.165, 1.54) is 33.4 Å². The van der Waals surface area contributed by atoms with Gasteiger partial charge in [-0.25, -0.2) is 22.0 Å². The molecule has 0 heterocycles. The van der Waals surface area contributed by atoms with Gasteiger partial charge in [-0.3, -0.25) is 0 Å². The minimum absolute atomic E-state index is 0.159. The lowest BCUT2D eigenvalue weighted by molar-refractivity contribution is 0.357. The van der Waals surface area contributed by atoms with Crippen molar-refractivity contribution in [2.75, 3.05) is 9.80 Å². The average molecular weight is 1390 g/mol. The Balaban J connectivity index is 0.824. The number of hydrogen-bond acceptors (Lipinski definition) is 2. The van der Waals surface area contributed by atoms with Gasteiger partial charge in [0.1, 0.15) is 0 Å². The van der Waals surface area contributed by atoms with Gasteiger partial charge in [0, 0.05) is 39.1 Å². The van der Waals surface area contributed by atoms with Gasteiger partial charge in [0.05, 0.1) is 22.2 Å². The average Bonchev–Trinajstić information content (AvgIpc) is 1.55. The van der Waals surface area contributed by atoms with Gasteiger partial charge in [-0.05, 0) is 190 Å². The van der Waals surface area contributed by atoms with Gasteiger partial charge in [0.25, 0.3) is 0 Å². The molecule has 2 unspecified atom stereocenters. The lowest BCUT2D eigenvalue weighted by Crippen LogP contribution is -2.34. The fourth-order valence-electron chi connectivity index (χ4n) is 17.1. The molecule has 16 aromatic carbocycles. The maximum absolute atomic E-state index is 17.3. The number of hydrogen-bond donors (Lipinski definition) is 0. The first-order valence-electron chi connectivity index (χ1n) is 36.0. The van der Waals surface area contributed by atoms with E-state index in [2.05, 4.69) is 272 Å². The highest BCUT2D eigenvalue weighted by molar-refractivity contribution is 6.13. The molecule has 0 saturated carbocycles. The van der Waals surface area contributed by atoms with Gasteiger partial charge in [0.2, 0.25) is 5.82 Å². The Labute approximate surface area is 618 Å². The van der Waals surface area contributed by atoms with Crippen molar-refractivity contribution >= 4 is 67.8 Å². The van der Waals surface area contributed by atoms with Crippen molar-refractivity contribution in [3.63, 3.8) is 0 Å². The van der Waals surface area contributed by atoms with Crippen molar-refractivity contribution in [2.24, 2.45) is 0 Å². The molecule has 18 rings (SSSR count). The van der Waals surface area contributed by atoms with Crippen LogP contribution in [0.15, 0.2) is 359 Å². The van der Waals surface area contributed by atoms with Gasteiger partial charge >= 0.3 is 0 Å². The SMILES string of the molecule is C=Cc1ccc(CC2(c3ccccc3)c3ccccc3-c3ccc(N(c4ccc(-c5ccccc5)cc4)c4ccc(-c5ccc(N(c6ccc(-c7ccccc7)cc6)c6ccc7c(c6)C(Cc6ccc(C=C)cc6)(c6c(F)c(F)c(F)c(F)c6F)c6ccccc6-7)c6ccccc56)c5ccccc45)cc32)cc1. The number of nitrogens with zero attached hydrogens (tertiary/aromatic N) is 2. The summed E-state index contributed by atoms with van der Waals surface area (Å²) in [5.74, 6) is -10.0. The molecule has 512 valence electrons. The van der Waals surface area contributed by atoms with E-state index in [0.29, 0.717) is 33.5 Å². The molecule has 16 aromatic rings. The van der Waals surface area contributed by atoms with E-state index < -0.39 is 45.5 Å². The molecule has 0 aliphatic heterocycles. The molecular weight excluding hydrogens is 1320 g/mol. The molecule has 2 aliphatic carbocycles. The first-order valence-corrected chi connectivity index (χ1v) is 36.0. The van der Waals surface area contributed by atoms with Crippen LogP contribution < -0.4 is 9.80 Å². The summed E-state index contributed by atoms with van der Waals surface area (Å²) in [5.41, 5.74) is 19.6. The Bertz CT molecular complexity index is 6130. The first kappa shape index (κ1) is 65.8. The summed E-state index contributed by atoms with van der Waals surface area (Å²) >= 11 is 0. The molecular formula is C100H67F5N2.